The van der Waals surface area contributed by atoms with Crippen molar-refractivity contribution in [1.82, 2.24) is 9.88 Å². The average Bonchev–Trinajstić information content (AvgIpc) is 2.86. The lowest BCUT2D eigenvalue weighted by molar-refractivity contribution is -0.141. The molecule has 1 aliphatic heterocycles. The van der Waals surface area contributed by atoms with Gasteiger partial charge in [-0.05, 0) is 25.0 Å². The predicted molar refractivity (Wildman–Crippen MR) is 82.3 cm³/mol. The number of aliphatic carboxylic acids is 1. The molecule has 114 valence electrons. The van der Waals surface area contributed by atoms with Crippen LogP contribution in [0.15, 0.2) is 18.3 Å². The first-order valence-electron chi connectivity index (χ1n) is 6.76. The zero-order valence-corrected chi connectivity index (χ0v) is 13.1. The number of urea groups is 1. The van der Waals surface area contributed by atoms with Gasteiger partial charge in [0.25, 0.3) is 0 Å². The van der Waals surface area contributed by atoms with Gasteiger partial charge in [0.15, 0.2) is 0 Å². The quantitative estimate of drug-likeness (QED) is 0.896. The number of thioether (sulfide) groups is 1. The van der Waals surface area contributed by atoms with Crippen molar-refractivity contribution in [3.05, 3.63) is 24.0 Å². The number of hydrogen-bond donors (Lipinski definition) is 2. The molecule has 21 heavy (non-hydrogen) atoms. The number of carboxylic acids is 1. The Balaban J connectivity index is 2.16. The molecule has 0 spiro atoms. The fourth-order valence-corrected chi connectivity index (χ4v) is 3.69. The summed E-state index contributed by atoms with van der Waals surface area (Å²) >= 11 is 1.50. The lowest BCUT2D eigenvalue weighted by atomic mass is 10.1. The van der Waals surface area contributed by atoms with Crippen LogP contribution in [-0.4, -0.2) is 44.2 Å². The van der Waals surface area contributed by atoms with Crippen LogP contribution in [0.2, 0.25) is 0 Å². The largest absolute Gasteiger partial charge is 0.480 e. The van der Waals surface area contributed by atoms with Crippen LogP contribution in [0.4, 0.5) is 10.5 Å². The number of nitrogens with zero attached hydrogens (tertiary/aromatic N) is 2. The normalized spacial score (nSPS) is 21.6. The summed E-state index contributed by atoms with van der Waals surface area (Å²) in [6.07, 6.45) is 1.57. The number of aromatic nitrogens is 1. The van der Waals surface area contributed by atoms with Gasteiger partial charge >= 0.3 is 12.0 Å². The van der Waals surface area contributed by atoms with E-state index >= 15 is 0 Å². The van der Waals surface area contributed by atoms with Gasteiger partial charge in [-0.2, -0.15) is 0 Å². The van der Waals surface area contributed by atoms with Crippen LogP contribution < -0.4 is 5.32 Å². The fourth-order valence-electron chi connectivity index (χ4n) is 2.22. The van der Waals surface area contributed by atoms with Gasteiger partial charge in [-0.3, -0.25) is 9.88 Å². The van der Waals surface area contributed by atoms with Gasteiger partial charge in [-0.25, -0.2) is 9.59 Å². The van der Waals surface area contributed by atoms with Crippen molar-refractivity contribution in [3.8, 4) is 0 Å². The van der Waals surface area contributed by atoms with Crippen LogP contribution in [0.1, 0.15) is 19.5 Å². The highest BCUT2D eigenvalue weighted by molar-refractivity contribution is 8.00. The number of pyridine rings is 1. The van der Waals surface area contributed by atoms with Gasteiger partial charge in [0, 0.05) is 11.4 Å². The topological polar surface area (TPSA) is 82.5 Å². The van der Waals surface area contributed by atoms with Crippen LogP contribution in [-0.2, 0) is 4.79 Å². The molecule has 1 aromatic rings. The predicted octanol–water partition coefficient (Wildman–Crippen LogP) is 2.41. The number of carboxylic acid groups (broad SMARTS) is 1. The SMILES string of the molecule is Cc1ccc(NC(=O)N2C(C(=O)O)CSC2C(C)C)cn1. The molecule has 1 aromatic heterocycles. The molecule has 2 amide bonds. The van der Waals surface area contributed by atoms with Crippen LogP contribution in [0.25, 0.3) is 0 Å². The maximum atomic E-state index is 12.4. The fraction of sp³-hybridized carbons (Fsp3) is 0.500. The Kier molecular flexibility index (Phi) is 4.72. The van der Waals surface area contributed by atoms with Gasteiger partial charge in [0.05, 0.1) is 17.3 Å². The highest BCUT2D eigenvalue weighted by Gasteiger charge is 2.42. The van der Waals surface area contributed by atoms with Crippen molar-refractivity contribution < 1.29 is 14.7 Å². The Morgan fingerprint density at radius 3 is 2.71 bits per heavy atom. The number of anilines is 1. The minimum Gasteiger partial charge on any atom is -0.480 e. The van der Waals surface area contributed by atoms with E-state index < -0.39 is 18.0 Å². The zero-order valence-electron chi connectivity index (χ0n) is 12.2. The summed E-state index contributed by atoms with van der Waals surface area (Å²) in [5.74, 6) is -0.373. The molecule has 2 heterocycles. The molecule has 0 aliphatic carbocycles. The number of rotatable bonds is 3. The van der Waals surface area contributed by atoms with E-state index in [1.54, 1.807) is 18.3 Å². The number of carbonyl (C=O) groups excluding carboxylic acids is 1. The van der Waals surface area contributed by atoms with E-state index in [0.29, 0.717) is 11.4 Å². The van der Waals surface area contributed by atoms with Crippen molar-refractivity contribution in [2.75, 3.05) is 11.1 Å². The number of amides is 2. The van der Waals surface area contributed by atoms with Crippen molar-refractivity contribution in [2.45, 2.75) is 32.2 Å². The number of aryl methyl sites for hydroxylation is 1. The first kappa shape index (κ1) is 15.6. The Morgan fingerprint density at radius 1 is 1.48 bits per heavy atom. The second-order valence-corrected chi connectivity index (χ2v) is 6.50. The third-order valence-corrected chi connectivity index (χ3v) is 4.91. The second kappa shape index (κ2) is 6.34. The van der Waals surface area contributed by atoms with Gasteiger partial charge in [0.1, 0.15) is 6.04 Å². The maximum Gasteiger partial charge on any atom is 0.327 e. The van der Waals surface area contributed by atoms with Crippen LogP contribution in [0, 0.1) is 12.8 Å². The molecule has 0 radical (unpaired) electrons. The summed E-state index contributed by atoms with van der Waals surface area (Å²) < 4.78 is 0. The molecule has 2 unspecified atom stereocenters. The smallest absolute Gasteiger partial charge is 0.327 e. The molecule has 7 heteroatoms. The van der Waals surface area contributed by atoms with Gasteiger partial charge < -0.3 is 10.4 Å². The van der Waals surface area contributed by atoms with Gasteiger partial charge in [-0.15, -0.1) is 11.8 Å². The van der Waals surface area contributed by atoms with E-state index in [1.807, 2.05) is 20.8 Å². The molecule has 2 N–H and O–H groups in total. The molecular weight excluding hydrogens is 290 g/mol. The molecular formula is C14H19N3O3S. The Bertz CT molecular complexity index is 533. The summed E-state index contributed by atoms with van der Waals surface area (Å²) in [4.78, 5) is 29.3. The van der Waals surface area contributed by atoms with Crippen LogP contribution in [0.3, 0.4) is 0 Å². The summed E-state index contributed by atoms with van der Waals surface area (Å²) in [5, 5.41) is 11.9. The van der Waals surface area contributed by atoms with Crippen LogP contribution >= 0.6 is 11.8 Å². The minimum absolute atomic E-state index is 0.135. The minimum atomic E-state index is -0.970. The third-order valence-electron chi connectivity index (χ3n) is 3.29. The van der Waals surface area contributed by atoms with E-state index in [1.165, 1.54) is 16.7 Å². The monoisotopic (exact) mass is 309 g/mol. The number of hydrogen-bond acceptors (Lipinski definition) is 4. The molecule has 6 nitrogen and oxygen atoms in total. The van der Waals surface area contributed by atoms with Gasteiger partial charge in [0.2, 0.25) is 0 Å². The van der Waals surface area contributed by atoms with Crippen molar-refractivity contribution in [1.29, 1.82) is 0 Å². The molecule has 0 aromatic carbocycles. The number of nitrogens with one attached hydrogen (secondary N) is 1. The van der Waals surface area contributed by atoms with E-state index in [9.17, 15) is 14.7 Å². The Morgan fingerprint density at radius 2 is 2.19 bits per heavy atom. The van der Waals surface area contributed by atoms with E-state index in [-0.39, 0.29) is 11.3 Å². The standard InChI is InChI=1S/C14H19N3O3S/c1-8(2)12-17(11(7-21-12)13(18)19)14(20)16-10-5-4-9(3)15-6-10/h4-6,8,11-12H,7H2,1-3H3,(H,16,20)(H,18,19). The molecule has 1 saturated heterocycles. The molecule has 1 aliphatic rings. The van der Waals surface area contributed by atoms with Gasteiger partial charge in [-0.1, -0.05) is 13.8 Å². The Labute approximate surface area is 127 Å². The summed E-state index contributed by atoms with van der Waals surface area (Å²) in [6, 6.07) is 2.37. The lowest BCUT2D eigenvalue weighted by Gasteiger charge is -2.29. The summed E-state index contributed by atoms with van der Waals surface area (Å²) in [5.41, 5.74) is 1.42. The average molecular weight is 309 g/mol. The zero-order chi connectivity index (χ0) is 15.6. The van der Waals surface area contributed by atoms with E-state index in [4.69, 9.17) is 0 Å². The summed E-state index contributed by atoms with van der Waals surface area (Å²) in [6.45, 7) is 5.82. The molecule has 0 saturated carbocycles. The van der Waals surface area contributed by atoms with Crippen LogP contribution in [0.5, 0.6) is 0 Å². The third kappa shape index (κ3) is 3.47. The highest BCUT2D eigenvalue weighted by Crippen LogP contribution is 2.34. The Hall–Kier alpha value is -1.76. The first-order chi connectivity index (χ1) is 9.90. The van der Waals surface area contributed by atoms with Crippen molar-refractivity contribution in [3.63, 3.8) is 0 Å². The maximum absolute atomic E-state index is 12.4. The summed E-state index contributed by atoms with van der Waals surface area (Å²) in [7, 11) is 0. The highest BCUT2D eigenvalue weighted by atomic mass is 32.2. The molecule has 2 atom stereocenters. The molecule has 1 fully saturated rings. The molecule has 2 rings (SSSR count). The lowest BCUT2D eigenvalue weighted by Crippen LogP contribution is -2.49. The second-order valence-electron chi connectivity index (χ2n) is 5.35. The van der Waals surface area contributed by atoms with E-state index in [0.717, 1.165) is 5.69 Å². The molecule has 0 bridgehead atoms. The number of carbonyl (C=O) groups is 2. The van der Waals surface area contributed by atoms with Crippen molar-refractivity contribution >= 4 is 29.4 Å². The van der Waals surface area contributed by atoms with E-state index in [2.05, 4.69) is 10.3 Å². The van der Waals surface area contributed by atoms with Crippen molar-refractivity contribution in [2.24, 2.45) is 5.92 Å². The first-order valence-corrected chi connectivity index (χ1v) is 7.81.